The Bertz CT molecular complexity index is 560. The van der Waals surface area contributed by atoms with Crippen molar-refractivity contribution in [2.45, 2.75) is 19.9 Å². The molecule has 1 N–H and O–H groups in total. The zero-order chi connectivity index (χ0) is 13.1. The van der Waals surface area contributed by atoms with Crippen LogP contribution in [0.25, 0.3) is 0 Å². The third-order valence-electron chi connectivity index (χ3n) is 2.55. The van der Waals surface area contributed by atoms with Gasteiger partial charge in [-0.3, -0.25) is 4.98 Å². The average Bonchev–Trinajstić information content (AvgIpc) is 2.28. The summed E-state index contributed by atoms with van der Waals surface area (Å²) in [6.07, 6.45) is 3.32. The summed E-state index contributed by atoms with van der Waals surface area (Å²) < 4.78 is 13.0. The lowest BCUT2D eigenvalue weighted by Crippen LogP contribution is -2.09. The zero-order valence-electron chi connectivity index (χ0n) is 10.1. The van der Waals surface area contributed by atoms with Gasteiger partial charge in [-0.2, -0.15) is 0 Å². The first-order valence-electron chi connectivity index (χ1n) is 5.56. The van der Waals surface area contributed by atoms with Crippen molar-refractivity contribution in [3.8, 4) is 0 Å². The molecule has 5 heteroatoms. The highest BCUT2D eigenvalue weighted by Gasteiger charge is 2.11. The van der Waals surface area contributed by atoms with Crippen LogP contribution >= 0.6 is 11.6 Å². The van der Waals surface area contributed by atoms with Gasteiger partial charge in [0.25, 0.3) is 0 Å². The second kappa shape index (κ2) is 5.31. The fourth-order valence-electron chi connectivity index (χ4n) is 1.69. The van der Waals surface area contributed by atoms with E-state index < -0.39 is 0 Å². The molecule has 2 aromatic rings. The lowest BCUT2D eigenvalue weighted by Gasteiger charge is -2.16. The summed E-state index contributed by atoms with van der Waals surface area (Å²) in [5.74, 6) is 0.328. The fraction of sp³-hybridized carbons (Fsp3) is 0.231. The summed E-state index contributed by atoms with van der Waals surface area (Å²) in [6.45, 7) is 3.80. The molecule has 1 aromatic heterocycles. The van der Waals surface area contributed by atoms with Crippen molar-refractivity contribution < 1.29 is 4.39 Å². The Labute approximate surface area is 110 Å². The molecule has 18 heavy (non-hydrogen) atoms. The zero-order valence-corrected chi connectivity index (χ0v) is 10.9. The van der Waals surface area contributed by atoms with Crippen molar-refractivity contribution in [1.82, 2.24) is 9.97 Å². The Kier molecular flexibility index (Phi) is 3.77. The van der Waals surface area contributed by atoms with Crippen molar-refractivity contribution in [3.05, 3.63) is 52.7 Å². The van der Waals surface area contributed by atoms with E-state index in [9.17, 15) is 4.39 Å². The second-order valence-electron chi connectivity index (χ2n) is 4.08. The average molecular weight is 266 g/mol. The third-order valence-corrected chi connectivity index (χ3v) is 2.88. The van der Waals surface area contributed by atoms with Gasteiger partial charge in [-0.15, -0.1) is 0 Å². The summed E-state index contributed by atoms with van der Waals surface area (Å²) in [4.78, 5) is 8.34. The smallest absolute Gasteiger partial charge is 0.145 e. The Morgan fingerprint density at radius 2 is 2.11 bits per heavy atom. The number of benzene rings is 1. The number of aryl methyl sites for hydroxylation is 1. The highest BCUT2D eigenvalue weighted by atomic mass is 35.5. The molecule has 0 saturated heterocycles. The summed E-state index contributed by atoms with van der Waals surface area (Å²) >= 11 is 6.01. The van der Waals surface area contributed by atoms with Gasteiger partial charge in [-0.05, 0) is 31.5 Å². The van der Waals surface area contributed by atoms with Crippen LogP contribution in [-0.4, -0.2) is 9.97 Å². The van der Waals surface area contributed by atoms with Gasteiger partial charge in [0.2, 0.25) is 0 Å². The van der Waals surface area contributed by atoms with Crippen molar-refractivity contribution in [2.75, 3.05) is 5.32 Å². The number of anilines is 1. The highest BCUT2D eigenvalue weighted by Crippen LogP contribution is 2.25. The molecule has 0 saturated carbocycles. The first-order valence-corrected chi connectivity index (χ1v) is 5.94. The number of aromatic nitrogens is 2. The van der Waals surface area contributed by atoms with Crippen LogP contribution in [0.4, 0.5) is 10.2 Å². The minimum Gasteiger partial charge on any atom is -0.362 e. The van der Waals surface area contributed by atoms with Crippen molar-refractivity contribution in [2.24, 2.45) is 0 Å². The first kappa shape index (κ1) is 12.8. The normalized spacial score (nSPS) is 12.2. The predicted molar refractivity (Wildman–Crippen MR) is 70.2 cm³/mol. The van der Waals surface area contributed by atoms with Crippen LogP contribution in [0.15, 0.2) is 30.6 Å². The molecule has 0 amide bonds. The molecular formula is C13H13ClFN3. The molecular weight excluding hydrogens is 253 g/mol. The van der Waals surface area contributed by atoms with Crippen LogP contribution in [0.5, 0.6) is 0 Å². The van der Waals surface area contributed by atoms with Crippen LogP contribution in [-0.2, 0) is 0 Å². The maximum Gasteiger partial charge on any atom is 0.145 e. The standard InChI is InChI=1S/C13H13ClFN3/c1-8-6-16-7-13(17-8)18-9(2)11-4-3-10(15)5-12(11)14/h3-7,9H,1-2H3,(H,17,18). The summed E-state index contributed by atoms with van der Waals surface area (Å²) in [5.41, 5.74) is 1.65. The Morgan fingerprint density at radius 1 is 1.33 bits per heavy atom. The number of hydrogen-bond acceptors (Lipinski definition) is 3. The topological polar surface area (TPSA) is 37.8 Å². The molecule has 1 atom stereocenters. The lowest BCUT2D eigenvalue weighted by atomic mass is 10.1. The quantitative estimate of drug-likeness (QED) is 0.918. The molecule has 94 valence electrons. The van der Waals surface area contributed by atoms with Crippen LogP contribution in [0.3, 0.4) is 0 Å². The largest absolute Gasteiger partial charge is 0.362 e. The van der Waals surface area contributed by atoms with Gasteiger partial charge in [-0.1, -0.05) is 17.7 Å². The van der Waals surface area contributed by atoms with Gasteiger partial charge >= 0.3 is 0 Å². The van der Waals surface area contributed by atoms with Crippen molar-refractivity contribution in [3.63, 3.8) is 0 Å². The van der Waals surface area contributed by atoms with Gasteiger partial charge in [0.05, 0.1) is 17.9 Å². The number of rotatable bonds is 3. The Hall–Kier alpha value is -1.68. The number of halogens is 2. The van der Waals surface area contributed by atoms with E-state index in [4.69, 9.17) is 11.6 Å². The fourth-order valence-corrected chi connectivity index (χ4v) is 2.02. The van der Waals surface area contributed by atoms with Crippen LogP contribution in [0.2, 0.25) is 5.02 Å². The SMILES string of the molecule is Cc1cncc(NC(C)c2ccc(F)cc2Cl)n1. The van der Waals surface area contributed by atoms with Gasteiger partial charge < -0.3 is 5.32 Å². The molecule has 0 radical (unpaired) electrons. The van der Waals surface area contributed by atoms with E-state index in [0.717, 1.165) is 11.3 Å². The van der Waals surface area contributed by atoms with Crippen LogP contribution in [0, 0.1) is 12.7 Å². The number of nitrogens with zero attached hydrogens (tertiary/aromatic N) is 2. The van der Waals surface area contributed by atoms with Crippen LogP contribution < -0.4 is 5.32 Å². The van der Waals surface area contributed by atoms with Gasteiger partial charge in [0, 0.05) is 11.2 Å². The number of nitrogens with one attached hydrogen (secondary N) is 1. The molecule has 1 unspecified atom stereocenters. The third kappa shape index (κ3) is 2.96. The molecule has 1 heterocycles. The van der Waals surface area contributed by atoms with E-state index in [1.54, 1.807) is 18.5 Å². The van der Waals surface area contributed by atoms with E-state index in [1.165, 1.54) is 12.1 Å². The molecule has 0 bridgehead atoms. The number of hydrogen-bond donors (Lipinski definition) is 1. The van der Waals surface area contributed by atoms with E-state index in [-0.39, 0.29) is 11.9 Å². The van der Waals surface area contributed by atoms with E-state index in [1.807, 2.05) is 13.8 Å². The van der Waals surface area contributed by atoms with Gasteiger partial charge in [0.1, 0.15) is 11.6 Å². The maximum atomic E-state index is 13.0. The maximum absolute atomic E-state index is 13.0. The summed E-state index contributed by atoms with van der Waals surface area (Å²) in [6, 6.07) is 4.28. The molecule has 0 aliphatic carbocycles. The summed E-state index contributed by atoms with van der Waals surface area (Å²) in [5, 5.41) is 3.58. The molecule has 0 spiro atoms. The second-order valence-corrected chi connectivity index (χ2v) is 4.48. The van der Waals surface area contributed by atoms with E-state index in [0.29, 0.717) is 10.8 Å². The molecule has 0 fully saturated rings. The van der Waals surface area contributed by atoms with Crippen molar-refractivity contribution in [1.29, 1.82) is 0 Å². The first-order chi connectivity index (χ1) is 8.56. The monoisotopic (exact) mass is 265 g/mol. The molecule has 1 aromatic carbocycles. The minimum absolute atomic E-state index is 0.0748. The predicted octanol–water partition coefficient (Wildman–Crippen LogP) is 3.75. The summed E-state index contributed by atoms with van der Waals surface area (Å²) in [7, 11) is 0. The Morgan fingerprint density at radius 3 is 2.78 bits per heavy atom. The molecule has 2 rings (SSSR count). The lowest BCUT2D eigenvalue weighted by molar-refractivity contribution is 0.626. The van der Waals surface area contributed by atoms with Crippen LogP contribution in [0.1, 0.15) is 24.2 Å². The van der Waals surface area contributed by atoms with E-state index >= 15 is 0 Å². The molecule has 0 aliphatic heterocycles. The van der Waals surface area contributed by atoms with Gasteiger partial charge in [0.15, 0.2) is 0 Å². The Balaban J connectivity index is 2.19. The van der Waals surface area contributed by atoms with Crippen molar-refractivity contribution >= 4 is 17.4 Å². The highest BCUT2D eigenvalue weighted by molar-refractivity contribution is 6.31. The minimum atomic E-state index is -0.341. The molecule has 3 nitrogen and oxygen atoms in total. The van der Waals surface area contributed by atoms with Gasteiger partial charge in [-0.25, -0.2) is 9.37 Å². The molecule has 0 aliphatic rings. The van der Waals surface area contributed by atoms with E-state index in [2.05, 4.69) is 15.3 Å².